The molecular formula is C20H32N2O4. The summed E-state index contributed by atoms with van der Waals surface area (Å²) in [6, 6.07) is 9.44. The van der Waals surface area contributed by atoms with Crippen molar-refractivity contribution in [3.05, 3.63) is 30.3 Å². The van der Waals surface area contributed by atoms with Gasteiger partial charge in [-0.3, -0.25) is 9.59 Å². The quantitative estimate of drug-likeness (QED) is 0.504. The molecule has 0 saturated heterocycles. The SMILES string of the molecule is CCOC(=O)CCN(CCN(CC)CC)C(=O)CCOc1ccccc1. The third-order valence-corrected chi connectivity index (χ3v) is 4.15. The minimum Gasteiger partial charge on any atom is -0.493 e. The Morgan fingerprint density at radius 2 is 1.62 bits per heavy atom. The number of carbonyl (C=O) groups is 2. The Morgan fingerprint density at radius 3 is 2.23 bits per heavy atom. The summed E-state index contributed by atoms with van der Waals surface area (Å²) >= 11 is 0. The molecule has 6 heteroatoms. The summed E-state index contributed by atoms with van der Waals surface area (Å²) in [5.74, 6) is 0.479. The van der Waals surface area contributed by atoms with Gasteiger partial charge in [-0.2, -0.15) is 0 Å². The van der Waals surface area contributed by atoms with Crippen molar-refractivity contribution in [3.63, 3.8) is 0 Å². The molecule has 0 aliphatic heterocycles. The van der Waals surface area contributed by atoms with Gasteiger partial charge in [-0.25, -0.2) is 0 Å². The van der Waals surface area contributed by atoms with Crippen molar-refractivity contribution in [2.24, 2.45) is 0 Å². The molecule has 0 aromatic heterocycles. The predicted molar refractivity (Wildman–Crippen MR) is 102 cm³/mol. The van der Waals surface area contributed by atoms with Crippen LogP contribution in [0.1, 0.15) is 33.6 Å². The number of carbonyl (C=O) groups excluding carboxylic acids is 2. The zero-order valence-corrected chi connectivity index (χ0v) is 16.3. The lowest BCUT2D eigenvalue weighted by molar-refractivity contribution is -0.144. The van der Waals surface area contributed by atoms with Gasteiger partial charge in [-0.05, 0) is 32.1 Å². The van der Waals surface area contributed by atoms with Crippen LogP contribution in [0.3, 0.4) is 0 Å². The first-order valence-corrected chi connectivity index (χ1v) is 9.44. The van der Waals surface area contributed by atoms with Crippen molar-refractivity contribution >= 4 is 11.9 Å². The molecule has 0 aliphatic carbocycles. The highest BCUT2D eigenvalue weighted by atomic mass is 16.5. The number of para-hydroxylation sites is 1. The fourth-order valence-corrected chi connectivity index (χ4v) is 2.55. The molecule has 1 amide bonds. The second-order valence-corrected chi connectivity index (χ2v) is 5.87. The molecule has 0 saturated carbocycles. The summed E-state index contributed by atoms with van der Waals surface area (Å²) in [7, 11) is 0. The third-order valence-electron chi connectivity index (χ3n) is 4.15. The number of hydrogen-bond acceptors (Lipinski definition) is 5. The molecule has 26 heavy (non-hydrogen) atoms. The average molecular weight is 364 g/mol. The monoisotopic (exact) mass is 364 g/mol. The normalized spacial score (nSPS) is 10.6. The molecule has 0 N–H and O–H groups in total. The third kappa shape index (κ3) is 8.85. The molecule has 0 aliphatic rings. The molecule has 0 bridgehead atoms. The summed E-state index contributed by atoms with van der Waals surface area (Å²) < 4.78 is 10.6. The highest BCUT2D eigenvalue weighted by molar-refractivity contribution is 5.77. The number of benzene rings is 1. The van der Waals surface area contributed by atoms with Gasteiger partial charge in [0.1, 0.15) is 5.75 Å². The average Bonchev–Trinajstić information content (AvgIpc) is 2.65. The second kappa shape index (κ2) is 13.2. The van der Waals surface area contributed by atoms with Gasteiger partial charge in [0, 0.05) is 19.6 Å². The van der Waals surface area contributed by atoms with E-state index in [9.17, 15) is 9.59 Å². The van der Waals surface area contributed by atoms with Gasteiger partial charge in [0.05, 0.1) is 26.1 Å². The van der Waals surface area contributed by atoms with E-state index in [-0.39, 0.29) is 24.7 Å². The van der Waals surface area contributed by atoms with E-state index in [0.717, 1.165) is 25.4 Å². The number of ether oxygens (including phenoxy) is 2. The van der Waals surface area contributed by atoms with E-state index in [0.29, 0.717) is 26.3 Å². The molecular weight excluding hydrogens is 332 g/mol. The molecule has 146 valence electrons. The Labute approximate surface area is 157 Å². The van der Waals surface area contributed by atoms with Crippen LogP contribution in [-0.4, -0.2) is 67.6 Å². The number of likely N-dealkylation sites (N-methyl/N-ethyl adjacent to an activating group) is 1. The van der Waals surface area contributed by atoms with Gasteiger partial charge in [-0.1, -0.05) is 32.0 Å². The van der Waals surface area contributed by atoms with Gasteiger partial charge in [0.2, 0.25) is 5.91 Å². The zero-order valence-electron chi connectivity index (χ0n) is 16.3. The van der Waals surface area contributed by atoms with Crippen LogP contribution in [0.4, 0.5) is 0 Å². The highest BCUT2D eigenvalue weighted by Gasteiger charge is 2.16. The fourth-order valence-electron chi connectivity index (χ4n) is 2.55. The predicted octanol–water partition coefficient (Wildman–Crippen LogP) is 2.58. The standard InChI is InChI=1S/C20H32N2O4/c1-4-21(5-2)15-16-22(14-12-20(24)25-6-3)19(23)13-17-26-18-10-8-7-9-11-18/h7-11H,4-6,12-17H2,1-3H3. The smallest absolute Gasteiger partial charge is 0.307 e. The molecule has 0 atom stereocenters. The Morgan fingerprint density at radius 1 is 0.923 bits per heavy atom. The van der Waals surface area contributed by atoms with Crippen LogP contribution in [0.5, 0.6) is 5.75 Å². The van der Waals surface area contributed by atoms with Crippen LogP contribution in [0, 0.1) is 0 Å². The maximum absolute atomic E-state index is 12.6. The summed E-state index contributed by atoms with van der Waals surface area (Å²) in [4.78, 5) is 28.2. The second-order valence-electron chi connectivity index (χ2n) is 5.87. The minimum absolute atomic E-state index is 0.00242. The number of nitrogens with zero attached hydrogens (tertiary/aromatic N) is 2. The number of amides is 1. The van der Waals surface area contributed by atoms with Crippen molar-refractivity contribution < 1.29 is 19.1 Å². The van der Waals surface area contributed by atoms with Crippen LogP contribution >= 0.6 is 0 Å². The van der Waals surface area contributed by atoms with Gasteiger partial charge >= 0.3 is 5.97 Å². The van der Waals surface area contributed by atoms with Crippen molar-refractivity contribution in [2.45, 2.75) is 33.6 Å². The van der Waals surface area contributed by atoms with E-state index in [2.05, 4.69) is 18.7 Å². The van der Waals surface area contributed by atoms with E-state index in [1.165, 1.54) is 0 Å². The summed E-state index contributed by atoms with van der Waals surface area (Å²) in [5, 5.41) is 0. The van der Waals surface area contributed by atoms with Crippen LogP contribution in [0.2, 0.25) is 0 Å². The van der Waals surface area contributed by atoms with Crippen LogP contribution < -0.4 is 4.74 Å². The first kappa shape index (κ1) is 22.0. The van der Waals surface area contributed by atoms with Crippen molar-refractivity contribution in [1.29, 1.82) is 0 Å². The molecule has 0 radical (unpaired) electrons. The number of esters is 1. The molecule has 1 aromatic rings. The summed E-state index contributed by atoms with van der Waals surface area (Å²) in [6.45, 7) is 10.3. The van der Waals surface area contributed by atoms with Crippen LogP contribution in [0.25, 0.3) is 0 Å². The van der Waals surface area contributed by atoms with E-state index in [1.54, 1.807) is 11.8 Å². The molecule has 0 spiro atoms. The number of rotatable bonds is 13. The first-order valence-electron chi connectivity index (χ1n) is 9.44. The molecule has 1 rings (SSSR count). The first-order chi connectivity index (χ1) is 12.6. The van der Waals surface area contributed by atoms with Gasteiger partial charge in [0.25, 0.3) is 0 Å². The largest absolute Gasteiger partial charge is 0.493 e. The highest BCUT2D eigenvalue weighted by Crippen LogP contribution is 2.09. The zero-order chi connectivity index (χ0) is 19.2. The topological polar surface area (TPSA) is 59.1 Å². The van der Waals surface area contributed by atoms with Crippen LogP contribution in [-0.2, 0) is 14.3 Å². The molecule has 0 fully saturated rings. The fraction of sp³-hybridized carbons (Fsp3) is 0.600. The maximum Gasteiger partial charge on any atom is 0.307 e. The maximum atomic E-state index is 12.6. The van der Waals surface area contributed by atoms with E-state index >= 15 is 0 Å². The van der Waals surface area contributed by atoms with E-state index in [4.69, 9.17) is 9.47 Å². The van der Waals surface area contributed by atoms with Gasteiger partial charge < -0.3 is 19.3 Å². The molecule has 6 nitrogen and oxygen atoms in total. The van der Waals surface area contributed by atoms with Crippen molar-refractivity contribution in [1.82, 2.24) is 9.80 Å². The Bertz CT molecular complexity index is 518. The lowest BCUT2D eigenvalue weighted by Crippen LogP contribution is -2.40. The molecule has 0 heterocycles. The van der Waals surface area contributed by atoms with Crippen molar-refractivity contribution in [3.8, 4) is 5.75 Å². The van der Waals surface area contributed by atoms with Gasteiger partial charge in [-0.15, -0.1) is 0 Å². The molecule has 1 aromatic carbocycles. The summed E-state index contributed by atoms with van der Waals surface area (Å²) in [6.07, 6.45) is 0.507. The Hall–Kier alpha value is -2.08. The molecule has 0 unspecified atom stereocenters. The minimum atomic E-state index is -0.270. The van der Waals surface area contributed by atoms with Crippen molar-refractivity contribution in [2.75, 3.05) is 45.9 Å². The lowest BCUT2D eigenvalue weighted by atomic mass is 10.3. The Balaban J connectivity index is 2.51. The summed E-state index contributed by atoms with van der Waals surface area (Å²) in [5.41, 5.74) is 0. The van der Waals surface area contributed by atoms with E-state index < -0.39 is 0 Å². The number of hydrogen-bond donors (Lipinski definition) is 0. The van der Waals surface area contributed by atoms with Crippen LogP contribution in [0.15, 0.2) is 30.3 Å². The van der Waals surface area contributed by atoms with Gasteiger partial charge in [0.15, 0.2) is 0 Å². The van der Waals surface area contributed by atoms with E-state index in [1.807, 2.05) is 30.3 Å². The lowest BCUT2D eigenvalue weighted by Gasteiger charge is -2.26. The Kier molecular flexibility index (Phi) is 11.1.